The first-order valence-electron chi connectivity index (χ1n) is 6.60. The summed E-state index contributed by atoms with van der Waals surface area (Å²) in [5.41, 5.74) is 2.84. The zero-order chi connectivity index (χ0) is 10.8. The summed E-state index contributed by atoms with van der Waals surface area (Å²) < 4.78 is 0. The molecule has 0 aromatic rings. The first kappa shape index (κ1) is 9.93. The normalized spacial score (nSPS) is 51.9. The smallest absolute Gasteiger partial charge is 0.0167 e. The van der Waals surface area contributed by atoms with Gasteiger partial charge in [0.2, 0.25) is 0 Å². The van der Waals surface area contributed by atoms with E-state index in [1.54, 1.807) is 5.57 Å². The Morgan fingerprint density at radius 1 is 1.13 bits per heavy atom. The van der Waals surface area contributed by atoms with Crippen LogP contribution in [0, 0.1) is 28.6 Å². The van der Waals surface area contributed by atoms with Gasteiger partial charge in [-0.05, 0) is 60.7 Å². The van der Waals surface area contributed by atoms with E-state index in [0.29, 0.717) is 10.8 Å². The van der Waals surface area contributed by atoms with Crippen LogP contribution in [0.3, 0.4) is 0 Å². The molecule has 0 aromatic heterocycles. The van der Waals surface area contributed by atoms with E-state index < -0.39 is 0 Å². The molecule has 0 saturated heterocycles. The van der Waals surface area contributed by atoms with E-state index in [4.69, 9.17) is 0 Å². The Labute approximate surface area is 94.1 Å². The molecular formula is C15H24. The second kappa shape index (κ2) is 2.70. The van der Waals surface area contributed by atoms with E-state index in [0.717, 1.165) is 17.8 Å². The van der Waals surface area contributed by atoms with Crippen LogP contribution in [-0.2, 0) is 0 Å². The fraction of sp³-hybridized carbons (Fsp3) is 0.867. The first-order chi connectivity index (χ1) is 6.92. The molecule has 0 nitrogen and oxygen atoms in total. The number of fused-ring (bicyclic) bond motifs is 3. The van der Waals surface area contributed by atoms with Gasteiger partial charge in [-0.3, -0.25) is 0 Å². The maximum Gasteiger partial charge on any atom is -0.0167 e. The van der Waals surface area contributed by atoms with Gasteiger partial charge in [-0.2, -0.15) is 0 Å². The molecule has 15 heavy (non-hydrogen) atoms. The molecule has 0 heterocycles. The Kier molecular flexibility index (Phi) is 1.79. The minimum atomic E-state index is 0.565. The maximum atomic E-state index is 4.33. The Morgan fingerprint density at radius 3 is 2.60 bits per heavy atom. The molecule has 3 aliphatic carbocycles. The number of hydrogen-bond donors (Lipinski definition) is 0. The Bertz CT molecular complexity index is 312. The van der Waals surface area contributed by atoms with Crippen LogP contribution in [0.2, 0.25) is 0 Å². The Morgan fingerprint density at radius 2 is 1.87 bits per heavy atom. The number of hydrogen-bond acceptors (Lipinski definition) is 0. The highest BCUT2D eigenvalue weighted by Crippen LogP contribution is 2.70. The molecule has 0 aliphatic heterocycles. The summed E-state index contributed by atoms with van der Waals surface area (Å²) in [5, 5.41) is 0. The minimum Gasteiger partial charge on any atom is -0.0996 e. The van der Waals surface area contributed by atoms with Crippen LogP contribution in [0.15, 0.2) is 12.2 Å². The monoisotopic (exact) mass is 204 g/mol. The van der Waals surface area contributed by atoms with Crippen LogP contribution < -0.4 is 0 Å². The molecule has 4 atom stereocenters. The van der Waals surface area contributed by atoms with Gasteiger partial charge in [-0.25, -0.2) is 0 Å². The lowest BCUT2D eigenvalue weighted by Gasteiger charge is -2.29. The molecular weight excluding hydrogens is 180 g/mol. The molecule has 3 saturated carbocycles. The lowest BCUT2D eigenvalue weighted by atomic mass is 9.75. The van der Waals surface area contributed by atoms with Crippen LogP contribution in [-0.4, -0.2) is 0 Å². The van der Waals surface area contributed by atoms with Crippen molar-refractivity contribution in [3.05, 3.63) is 12.2 Å². The third kappa shape index (κ3) is 1.33. The lowest BCUT2D eigenvalue weighted by Crippen LogP contribution is -2.21. The van der Waals surface area contributed by atoms with Gasteiger partial charge in [0.15, 0.2) is 0 Å². The van der Waals surface area contributed by atoms with Crippen molar-refractivity contribution in [1.29, 1.82) is 0 Å². The largest absolute Gasteiger partial charge is 0.0996 e. The van der Waals surface area contributed by atoms with Gasteiger partial charge in [0.05, 0.1) is 0 Å². The van der Waals surface area contributed by atoms with Gasteiger partial charge >= 0.3 is 0 Å². The summed E-state index contributed by atoms with van der Waals surface area (Å²) in [6.45, 7) is 11.8. The van der Waals surface area contributed by atoms with E-state index in [2.05, 4.69) is 27.4 Å². The van der Waals surface area contributed by atoms with Crippen molar-refractivity contribution < 1.29 is 0 Å². The van der Waals surface area contributed by atoms with Crippen molar-refractivity contribution in [3.63, 3.8) is 0 Å². The molecule has 0 aromatic carbocycles. The van der Waals surface area contributed by atoms with Gasteiger partial charge in [0.1, 0.15) is 0 Å². The Balaban J connectivity index is 1.95. The molecule has 3 fully saturated rings. The average molecular weight is 204 g/mol. The van der Waals surface area contributed by atoms with Gasteiger partial charge in [-0.15, -0.1) is 0 Å². The zero-order valence-corrected chi connectivity index (χ0v) is 10.5. The van der Waals surface area contributed by atoms with Crippen LogP contribution >= 0.6 is 0 Å². The SMILES string of the molecule is C=C1CC[C@H]2[C@H]1CC(C)(C)C[C@@H]1C[C@@]12C. The van der Waals surface area contributed by atoms with Crippen LogP contribution in [0.4, 0.5) is 0 Å². The predicted molar refractivity (Wildman–Crippen MR) is 64.6 cm³/mol. The molecule has 3 aliphatic rings. The highest BCUT2D eigenvalue weighted by atomic mass is 14.7. The minimum absolute atomic E-state index is 0.565. The molecule has 0 bridgehead atoms. The zero-order valence-electron chi connectivity index (χ0n) is 10.5. The van der Waals surface area contributed by atoms with Gasteiger partial charge in [-0.1, -0.05) is 32.9 Å². The number of rotatable bonds is 0. The highest BCUT2D eigenvalue weighted by molar-refractivity contribution is 5.20. The Hall–Kier alpha value is -0.260. The summed E-state index contributed by atoms with van der Waals surface area (Å²) in [4.78, 5) is 0. The van der Waals surface area contributed by atoms with Crippen molar-refractivity contribution in [3.8, 4) is 0 Å². The first-order valence-corrected chi connectivity index (χ1v) is 6.60. The molecule has 0 amide bonds. The van der Waals surface area contributed by atoms with Crippen LogP contribution in [0.25, 0.3) is 0 Å². The van der Waals surface area contributed by atoms with Crippen LogP contribution in [0.5, 0.6) is 0 Å². The molecule has 0 radical (unpaired) electrons. The quantitative estimate of drug-likeness (QED) is 0.513. The van der Waals surface area contributed by atoms with Gasteiger partial charge in [0, 0.05) is 0 Å². The second-order valence-corrected chi connectivity index (χ2v) is 7.39. The maximum absolute atomic E-state index is 4.33. The van der Waals surface area contributed by atoms with Crippen molar-refractivity contribution in [2.45, 2.75) is 52.9 Å². The van der Waals surface area contributed by atoms with Crippen molar-refractivity contribution in [2.24, 2.45) is 28.6 Å². The molecule has 0 heteroatoms. The van der Waals surface area contributed by atoms with E-state index in [1.807, 2.05) is 0 Å². The highest BCUT2D eigenvalue weighted by Gasteiger charge is 2.61. The molecule has 0 spiro atoms. The fourth-order valence-corrected chi connectivity index (χ4v) is 4.67. The van der Waals surface area contributed by atoms with E-state index in [9.17, 15) is 0 Å². The van der Waals surface area contributed by atoms with Crippen molar-refractivity contribution in [1.82, 2.24) is 0 Å². The summed E-state index contributed by atoms with van der Waals surface area (Å²) in [5.74, 6) is 2.88. The predicted octanol–water partition coefficient (Wildman–Crippen LogP) is 4.42. The second-order valence-electron chi connectivity index (χ2n) is 7.39. The fourth-order valence-electron chi connectivity index (χ4n) is 4.67. The van der Waals surface area contributed by atoms with E-state index >= 15 is 0 Å². The molecule has 0 N–H and O–H groups in total. The van der Waals surface area contributed by atoms with Gasteiger partial charge in [0.25, 0.3) is 0 Å². The third-order valence-electron chi connectivity index (χ3n) is 5.66. The summed E-state index contributed by atoms with van der Waals surface area (Å²) >= 11 is 0. The lowest BCUT2D eigenvalue weighted by molar-refractivity contribution is 0.232. The average Bonchev–Trinajstić information content (AvgIpc) is 2.59. The topological polar surface area (TPSA) is 0 Å². The molecule has 3 rings (SSSR count). The van der Waals surface area contributed by atoms with E-state index in [-0.39, 0.29) is 0 Å². The standard InChI is InChI=1S/C15H24/c1-10-5-6-13-12(10)9-14(2,3)7-11-8-15(11,13)4/h11-13H,1,5-9H2,2-4H3/t11-,12+,13+,15+/m1/s1. The summed E-state index contributed by atoms with van der Waals surface area (Å²) in [6.07, 6.45) is 7.12. The molecule has 84 valence electrons. The number of allylic oxidation sites excluding steroid dienone is 1. The summed E-state index contributed by atoms with van der Waals surface area (Å²) in [6, 6.07) is 0. The van der Waals surface area contributed by atoms with Crippen LogP contribution in [0.1, 0.15) is 52.9 Å². The van der Waals surface area contributed by atoms with Crippen molar-refractivity contribution >= 4 is 0 Å². The third-order valence-corrected chi connectivity index (χ3v) is 5.66. The summed E-state index contributed by atoms with van der Waals surface area (Å²) in [7, 11) is 0. The van der Waals surface area contributed by atoms with Crippen molar-refractivity contribution in [2.75, 3.05) is 0 Å². The van der Waals surface area contributed by atoms with Gasteiger partial charge < -0.3 is 0 Å². The van der Waals surface area contributed by atoms with E-state index in [1.165, 1.54) is 32.1 Å². The molecule has 0 unspecified atom stereocenters.